The third-order valence-electron chi connectivity index (χ3n) is 4.01. The maximum absolute atomic E-state index is 6.16. The number of methoxy groups -OCH3 is 1. The van der Waals surface area contributed by atoms with Crippen LogP contribution in [0.5, 0.6) is 5.75 Å². The first kappa shape index (κ1) is 13.2. The molecule has 0 unspecified atom stereocenters. The van der Waals surface area contributed by atoms with Crippen LogP contribution in [-0.2, 0) is 12.8 Å². The number of ether oxygens (including phenoxy) is 1. The standard InChI is InChI=1S/C16H21N3O/c1-11(17)16-14(8-5-9-15(16)20-2)19-10-18-12-6-3-4-7-13(12)19/h5,8-11H,3-4,6-7,17H2,1-2H3/t11-/m1/s1. The summed E-state index contributed by atoms with van der Waals surface area (Å²) in [7, 11) is 1.69. The van der Waals surface area contributed by atoms with Crippen LogP contribution in [0, 0.1) is 0 Å². The lowest BCUT2D eigenvalue weighted by atomic mass is 10.00. The van der Waals surface area contributed by atoms with Crippen LogP contribution in [0.15, 0.2) is 24.5 Å². The van der Waals surface area contributed by atoms with Gasteiger partial charge in [-0.3, -0.25) is 0 Å². The van der Waals surface area contributed by atoms with Crippen LogP contribution in [0.25, 0.3) is 5.69 Å². The minimum Gasteiger partial charge on any atom is -0.496 e. The Kier molecular flexibility index (Phi) is 3.49. The number of nitrogens with two attached hydrogens (primary N) is 1. The van der Waals surface area contributed by atoms with Gasteiger partial charge in [0.2, 0.25) is 0 Å². The molecule has 1 atom stereocenters. The predicted octanol–water partition coefficient (Wildman–Crippen LogP) is 2.78. The number of nitrogens with zero attached hydrogens (tertiary/aromatic N) is 2. The monoisotopic (exact) mass is 271 g/mol. The number of hydrogen-bond acceptors (Lipinski definition) is 3. The zero-order valence-electron chi connectivity index (χ0n) is 12.1. The van der Waals surface area contributed by atoms with Crippen LogP contribution >= 0.6 is 0 Å². The molecule has 4 nitrogen and oxygen atoms in total. The lowest BCUT2D eigenvalue weighted by molar-refractivity contribution is 0.406. The molecule has 1 aliphatic carbocycles. The smallest absolute Gasteiger partial charge is 0.125 e. The van der Waals surface area contributed by atoms with Crippen LogP contribution < -0.4 is 10.5 Å². The molecule has 2 N–H and O–H groups in total. The summed E-state index contributed by atoms with van der Waals surface area (Å²) in [5, 5.41) is 0. The first-order valence-electron chi connectivity index (χ1n) is 7.20. The van der Waals surface area contributed by atoms with Crippen molar-refractivity contribution in [1.29, 1.82) is 0 Å². The summed E-state index contributed by atoms with van der Waals surface area (Å²) in [6.45, 7) is 1.99. The van der Waals surface area contributed by atoms with Crippen molar-refractivity contribution in [2.45, 2.75) is 38.6 Å². The first-order valence-corrected chi connectivity index (χ1v) is 7.20. The fourth-order valence-corrected chi connectivity index (χ4v) is 3.05. The molecule has 3 rings (SSSR count). The molecule has 0 radical (unpaired) electrons. The highest BCUT2D eigenvalue weighted by atomic mass is 16.5. The highest BCUT2D eigenvalue weighted by Gasteiger charge is 2.20. The summed E-state index contributed by atoms with van der Waals surface area (Å²) in [5.41, 5.74) is 10.9. The van der Waals surface area contributed by atoms with E-state index in [4.69, 9.17) is 10.5 Å². The zero-order valence-corrected chi connectivity index (χ0v) is 12.1. The molecule has 1 heterocycles. The van der Waals surface area contributed by atoms with Crippen molar-refractivity contribution in [3.8, 4) is 11.4 Å². The van der Waals surface area contributed by atoms with E-state index in [-0.39, 0.29) is 6.04 Å². The van der Waals surface area contributed by atoms with E-state index in [2.05, 4.69) is 15.6 Å². The Morgan fingerprint density at radius 1 is 1.30 bits per heavy atom. The van der Waals surface area contributed by atoms with Gasteiger partial charge < -0.3 is 15.0 Å². The maximum Gasteiger partial charge on any atom is 0.125 e. The van der Waals surface area contributed by atoms with Crippen LogP contribution in [-0.4, -0.2) is 16.7 Å². The van der Waals surface area contributed by atoms with Crippen LogP contribution in [0.4, 0.5) is 0 Å². The summed E-state index contributed by atoms with van der Waals surface area (Å²) in [4.78, 5) is 4.57. The minimum absolute atomic E-state index is 0.0807. The van der Waals surface area contributed by atoms with Crippen molar-refractivity contribution in [2.24, 2.45) is 5.73 Å². The van der Waals surface area contributed by atoms with Crippen LogP contribution in [0.2, 0.25) is 0 Å². The Bertz CT molecular complexity index is 616. The average Bonchev–Trinajstić information content (AvgIpc) is 2.90. The average molecular weight is 271 g/mol. The number of imidazole rings is 1. The molecular formula is C16H21N3O. The highest BCUT2D eigenvalue weighted by Crippen LogP contribution is 2.32. The van der Waals surface area contributed by atoms with Crippen molar-refractivity contribution in [3.63, 3.8) is 0 Å². The molecular weight excluding hydrogens is 250 g/mol. The van der Waals surface area contributed by atoms with E-state index < -0.39 is 0 Å². The van der Waals surface area contributed by atoms with Gasteiger partial charge in [-0.25, -0.2) is 4.98 Å². The van der Waals surface area contributed by atoms with E-state index in [0.29, 0.717) is 0 Å². The number of rotatable bonds is 3. The van der Waals surface area contributed by atoms with Gasteiger partial charge in [0.1, 0.15) is 5.75 Å². The second-order valence-electron chi connectivity index (χ2n) is 5.40. The third kappa shape index (κ3) is 2.10. The van der Waals surface area contributed by atoms with E-state index in [9.17, 15) is 0 Å². The Hall–Kier alpha value is -1.81. The van der Waals surface area contributed by atoms with Crippen molar-refractivity contribution in [1.82, 2.24) is 9.55 Å². The van der Waals surface area contributed by atoms with Gasteiger partial charge in [-0.1, -0.05) is 6.07 Å². The summed E-state index contributed by atoms with van der Waals surface area (Å²) >= 11 is 0. The number of fused-ring (bicyclic) bond motifs is 1. The maximum atomic E-state index is 6.16. The second kappa shape index (κ2) is 5.29. The van der Waals surface area contributed by atoms with Gasteiger partial charge in [0, 0.05) is 17.3 Å². The molecule has 0 fully saturated rings. The number of hydrogen-bond donors (Lipinski definition) is 1. The number of aromatic nitrogens is 2. The Labute approximate surface area is 119 Å². The Morgan fingerprint density at radius 3 is 2.85 bits per heavy atom. The Morgan fingerprint density at radius 2 is 2.10 bits per heavy atom. The quantitative estimate of drug-likeness (QED) is 0.934. The molecule has 0 spiro atoms. The van der Waals surface area contributed by atoms with Crippen molar-refractivity contribution in [3.05, 3.63) is 41.5 Å². The first-order chi connectivity index (χ1) is 9.72. The van der Waals surface area contributed by atoms with E-state index in [1.165, 1.54) is 24.2 Å². The van der Waals surface area contributed by atoms with E-state index >= 15 is 0 Å². The lowest BCUT2D eigenvalue weighted by Gasteiger charge is -2.20. The zero-order chi connectivity index (χ0) is 14.1. The van der Waals surface area contributed by atoms with Gasteiger partial charge in [-0.05, 0) is 44.7 Å². The molecule has 0 bridgehead atoms. The summed E-state index contributed by atoms with van der Waals surface area (Å²) in [6, 6.07) is 5.99. The van der Waals surface area contributed by atoms with E-state index in [0.717, 1.165) is 29.8 Å². The molecule has 4 heteroatoms. The minimum atomic E-state index is -0.0807. The summed E-state index contributed by atoms with van der Waals surface area (Å²) in [6.07, 6.45) is 6.57. The molecule has 0 amide bonds. The molecule has 20 heavy (non-hydrogen) atoms. The van der Waals surface area contributed by atoms with Crippen molar-refractivity contribution in [2.75, 3.05) is 7.11 Å². The molecule has 0 saturated carbocycles. The number of aryl methyl sites for hydroxylation is 1. The predicted molar refractivity (Wildman–Crippen MR) is 79.4 cm³/mol. The fourth-order valence-electron chi connectivity index (χ4n) is 3.05. The molecule has 1 aromatic heterocycles. The van der Waals surface area contributed by atoms with Gasteiger partial charge in [0.25, 0.3) is 0 Å². The van der Waals surface area contributed by atoms with Gasteiger partial charge in [0.05, 0.1) is 24.8 Å². The second-order valence-corrected chi connectivity index (χ2v) is 5.40. The SMILES string of the molecule is COc1cccc(-n2cnc3c2CCCC3)c1[C@@H](C)N. The van der Waals surface area contributed by atoms with E-state index in [1.54, 1.807) is 7.11 Å². The molecule has 1 aromatic carbocycles. The molecule has 106 valence electrons. The van der Waals surface area contributed by atoms with Crippen LogP contribution in [0.3, 0.4) is 0 Å². The summed E-state index contributed by atoms with van der Waals surface area (Å²) < 4.78 is 7.67. The van der Waals surface area contributed by atoms with Crippen LogP contribution in [0.1, 0.15) is 42.8 Å². The topological polar surface area (TPSA) is 53.1 Å². The highest BCUT2D eigenvalue weighted by molar-refractivity contribution is 5.52. The van der Waals surface area contributed by atoms with Crippen molar-refractivity contribution < 1.29 is 4.74 Å². The van der Waals surface area contributed by atoms with Crippen molar-refractivity contribution >= 4 is 0 Å². The lowest BCUT2D eigenvalue weighted by Crippen LogP contribution is -2.13. The molecule has 0 aliphatic heterocycles. The van der Waals surface area contributed by atoms with Gasteiger partial charge in [-0.2, -0.15) is 0 Å². The van der Waals surface area contributed by atoms with Gasteiger partial charge in [0.15, 0.2) is 0 Å². The van der Waals surface area contributed by atoms with Gasteiger partial charge >= 0.3 is 0 Å². The number of benzene rings is 1. The normalized spacial score (nSPS) is 15.8. The molecule has 2 aromatic rings. The van der Waals surface area contributed by atoms with Gasteiger partial charge in [-0.15, -0.1) is 0 Å². The third-order valence-corrected chi connectivity index (χ3v) is 4.01. The molecule has 0 saturated heterocycles. The Balaban J connectivity index is 2.17. The molecule has 1 aliphatic rings. The van der Waals surface area contributed by atoms with E-state index in [1.807, 2.05) is 25.4 Å². The largest absolute Gasteiger partial charge is 0.496 e. The summed E-state index contributed by atoms with van der Waals surface area (Å²) in [5.74, 6) is 0.843. The fraction of sp³-hybridized carbons (Fsp3) is 0.438.